The molecule has 1 aromatic carbocycles. The molecule has 4 nitrogen and oxygen atoms in total. The van der Waals surface area contributed by atoms with E-state index in [2.05, 4.69) is 47.9 Å². The van der Waals surface area contributed by atoms with Gasteiger partial charge in [0.2, 0.25) is 0 Å². The molecule has 5 heteroatoms. The van der Waals surface area contributed by atoms with Gasteiger partial charge in [0.15, 0.2) is 5.75 Å². The van der Waals surface area contributed by atoms with E-state index in [0.29, 0.717) is 6.04 Å². The van der Waals surface area contributed by atoms with Crippen LogP contribution >= 0.6 is 15.9 Å². The van der Waals surface area contributed by atoms with E-state index in [1.807, 2.05) is 23.0 Å². The Labute approximate surface area is 134 Å². The van der Waals surface area contributed by atoms with Crippen molar-refractivity contribution in [1.82, 2.24) is 9.78 Å². The lowest BCUT2D eigenvalue weighted by molar-refractivity contribution is 0.476. The van der Waals surface area contributed by atoms with Crippen LogP contribution in [0.5, 0.6) is 11.5 Å². The fourth-order valence-electron chi connectivity index (χ4n) is 1.98. The number of hydrogen-bond donors (Lipinski definition) is 1. The van der Waals surface area contributed by atoms with Crippen molar-refractivity contribution in [1.29, 1.82) is 0 Å². The Kier molecular flexibility index (Phi) is 5.42. The van der Waals surface area contributed by atoms with E-state index in [4.69, 9.17) is 10.5 Å². The summed E-state index contributed by atoms with van der Waals surface area (Å²) < 4.78 is 8.73. The molecule has 0 aliphatic carbocycles. The van der Waals surface area contributed by atoms with Crippen molar-refractivity contribution in [3.05, 3.63) is 40.6 Å². The van der Waals surface area contributed by atoms with Gasteiger partial charge in [-0.05, 0) is 44.4 Å². The van der Waals surface area contributed by atoms with Crippen LogP contribution in [0.3, 0.4) is 0 Å². The summed E-state index contributed by atoms with van der Waals surface area (Å²) in [6, 6.07) is 6.52. The zero-order valence-corrected chi connectivity index (χ0v) is 14.3. The quantitative estimate of drug-likeness (QED) is 0.843. The molecular formula is C16H22BrN3O. The second-order valence-electron chi connectivity index (χ2n) is 5.48. The zero-order valence-electron chi connectivity index (χ0n) is 12.7. The highest BCUT2D eigenvalue weighted by Crippen LogP contribution is 2.28. The third kappa shape index (κ3) is 4.32. The van der Waals surface area contributed by atoms with Crippen LogP contribution in [0, 0.1) is 0 Å². The molecule has 1 unspecified atom stereocenters. The summed E-state index contributed by atoms with van der Waals surface area (Å²) in [4.78, 5) is 0. The summed E-state index contributed by atoms with van der Waals surface area (Å²) in [5, 5.41) is 4.27. The minimum atomic E-state index is 0.192. The molecule has 0 amide bonds. The van der Waals surface area contributed by atoms with E-state index in [1.165, 1.54) is 5.56 Å². The molecule has 0 saturated heterocycles. The highest BCUT2D eigenvalue weighted by Gasteiger charge is 2.08. The molecule has 0 radical (unpaired) electrons. The second kappa shape index (κ2) is 7.09. The normalized spacial score (nSPS) is 12.7. The topological polar surface area (TPSA) is 53.1 Å². The van der Waals surface area contributed by atoms with Crippen LogP contribution in [0.2, 0.25) is 0 Å². The molecule has 2 N–H and O–H groups in total. The van der Waals surface area contributed by atoms with Crippen LogP contribution in [-0.4, -0.2) is 15.8 Å². The molecule has 114 valence electrons. The first-order valence-corrected chi connectivity index (χ1v) is 8.05. The maximum atomic E-state index is 6.00. The fraction of sp³-hybridized carbons (Fsp3) is 0.438. The molecule has 0 aliphatic rings. The van der Waals surface area contributed by atoms with Gasteiger partial charge in [-0.3, -0.25) is 4.68 Å². The average Bonchev–Trinajstić information content (AvgIpc) is 2.90. The van der Waals surface area contributed by atoms with Crippen LogP contribution in [0.1, 0.15) is 38.8 Å². The SMILES string of the molecule is CCC(N)Cc1ccc(Oc2cnn(C(C)C)c2)cc1Br. The molecule has 0 fully saturated rings. The molecular weight excluding hydrogens is 330 g/mol. The van der Waals surface area contributed by atoms with Gasteiger partial charge in [-0.15, -0.1) is 0 Å². The summed E-state index contributed by atoms with van der Waals surface area (Å²) in [5.41, 5.74) is 7.21. The Morgan fingerprint density at radius 2 is 2.10 bits per heavy atom. The number of nitrogens with two attached hydrogens (primary N) is 1. The van der Waals surface area contributed by atoms with Crippen molar-refractivity contribution in [2.24, 2.45) is 5.73 Å². The van der Waals surface area contributed by atoms with Crippen molar-refractivity contribution in [2.75, 3.05) is 0 Å². The number of benzene rings is 1. The Morgan fingerprint density at radius 1 is 1.33 bits per heavy atom. The third-order valence-electron chi connectivity index (χ3n) is 3.37. The third-order valence-corrected chi connectivity index (χ3v) is 4.11. The molecule has 0 bridgehead atoms. The molecule has 1 atom stereocenters. The Hall–Kier alpha value is -1.33. The van der Waals surface area contributed by atoms with Gasteiger partial charge in [-0.25, -0.2) is 0 Å². The molecule has 0 aliphatic heterocycles. The largest absolute Gasteiger partial charge is 0.454 e. The Bertz CT molecular complexity index is 595. The maximum Gasteiger partial charge on any atom is 0.165 e. The predicted molar refractivity (Wildman–Crippen MR) is 88.8 cm³/mol. The highest BCUT2D eigenvalue weighted by atomic mass is 79.9. The number of halogens is 1. The van der Waals surface area contributed by atoms with Crippen LogP contribution in [0.15, 0.2) is 35.1 Å². The first kappa shape index (κ1) is 16.0. The fourth-order valence-corrected chi connectivity index (χ4v) is 2.50. The highest BCUT2D eigenvalue weighted by molar-refractivity contribution is 9.10. The number of hydrogen-bond acceptors (Lipinski definition) is 3. The van der Waals surface area contributed by atoms with E-state index < -0.39 is 0 Å². The molecule has 0 saturated carbocycles. The van der Waals surface area contributed by atoms with E-state index in [9.17, 15) is 0 Å². The molecule has 2 aromatic rings. The molecule has 0 spiro atoms. The van der Waals surface area contributed by atoms with Crippen LogP contribution in [0.25, 0.3) is 0 Å². The summed E-state index contributed by atoms with van der Waals surface area (Å²) in [7, 11) is 0. The monoisotopic (exact) mass is 351 g/mol. The smallest absolute Gasteiger partial charge is 0.165 e. The Balaban J connectivity index is 2.08. The van der Waals surface area contributed by atoms with Gasteiger partial charge in [0.05, 0.1) is 12.4 Å². The van der Waals surface area contributed by atoms with Gasteiger partial charge < -0.3 is 10.5 Å². The molecule has 21 heavy (non-hydrogen) atoms. The summed E-state index contributed by atoms with van der Waals surface area (Å²) in [6.45, 7) is 6.26. The number of nitrogens with zero attached hydrogens (tertiary/aromatic N) is 2. The predicted octanol–water partition coefficient (Wildman–Crippen LogP) is 4.30. The van der Waals surface area contributed by atoms with Crippen molar-refractivity contribution in [3.8, 4) is 11.5 Å². The lowest BCUT2D eigenvalue weighted by atomic mass is 10.0. The molecule has 1 aromatic heterocycles. The van der Waals surface area contributed by atoms with E-state index >= 15 is 0 Å². The van der Waals surface area contributed by atoms with Crippen molar-refractivity contribution >= 4 is 15.9 Å². The number of aromatic nitrogens is 2. The summed E-state index contributed by atoms with van der Waals surface area (Å²) >= 11 is 3.59. The lowest BCUT2D eigenvalue weighted by Crippen LogP contribution is -2.21. The van der Waals surface area contributed by atoms with Gasteiger partial charge in [-0.1, -0.05) is 28.9 Å². The van der Waals surface area contributed by atoms with Gasteiger partial charge in [0.25, 0.3) is 0 Å². The first-order chi connectivity index (χ1) is 9.99. The van der Waals surface area contributed by atoms with E-state index in [-0.39, 0.29) is 6.04 Å². The molecule has 2 rings (SSSR count). The minimum Gasteiger partial charge on any atom is -0.454 e. The minimum absolute atomic E-state index is 0.192. The van der Waals surface area contributed by atoms with Crippen LogP contribution < -0.4 is 10.5 Å². The second-order valence-corrected chi connectivity index (χ2v) is 6.33. The van der Waals surface area contributed by atoms with Gasteiger partial charge in [0, 0.05) is 16.6 Å². The first-order valence-electron chi connectivity index (χ1n) is 7.25. The van der Waals surface area contributed by atoms with Gasteiger partial charge in [0.1, 0.15) is 5.75 Å². The Morgan fingerprint density at radius 3 is 2.67 bits per heavy atom. The van der Waals surface area contributed by atoms with E-state index in [0.717, 1.165) is 28.8 Å². The zero-order chi connectivity index (χ0) is 15.4. The van der Waals surface area contributed by atoms with Crippen molar-refractivity contribution in [3.63, 3.8) is 0 Å². The van der Waals surface area contributed by atoms with Gasteiger partial charge >= 0.3 is 0 Å². The van der Waals surface area contributed by atoms with Crippen molar-refractivity contribution < 1.29 is 4.74 Å². The summed E-state index contributed by atoms with van der Waals surface area (Å²) in [5.74, 6) is 1.53. The number of ether oxygens (including phenoxy) is 1. The van der Waals surface area contributed by atoms with Gasteiger partial charge in [-0.2, -0.15) is 5.10 Å². The summed E-state index contributed by atoms with van der Waals surface area (Å²) in [6.07, 6.45) is 5.47. The molecule has 1 heterocycles. The lowest BCUT2D eigenvalue weighted by Gasteiger charge is -2.11. The number of rotatable bonds is 6. The van der Waals surface area contributed by atoms with E-state index in [1.54, 1.807) is 6.20 Å². The van der Waals surface area contributed by atoms with Crippen LogP contribution in [-0.2, 0) is 6.42 Å². The average molecular weight is 352 g/mol. The van der Waals surface area contributed by atoms with Crippen molar-refractivity contribution in [2.45, 2.75) is 45.7 Å². The standard InChI is InChI=1S/C16H22BrN3O/c1-4-13(18)7-12-5-6-14(8-16(12)17)21-15-9-19-20(10-15)11(2)3/h5-6,8-11,13H,4,7,18H2,1-3H3. The maximum absolute atomic E-state index is 6.00. The van der Waals surface area contributed by atoms with Crippen LogP contribution in [0.4, 0.5) is 0 Å².